The van der Waals surface area contributed by atoms with Gasteiger partial charge in [0, 0.05) is 5.69 Å². The van der Waals surface area contributed by atoms with Gasteiger partial charge in [0.25, 0.3) is 5.91 Å². The molecule has 0 spiro atoms. The lowest BCUT2D eigenvalue weighted by atomic mass is 10.3. The number of pyridine rings is 1. The van der Waals surface area contributed by atoms with Gasteiger partial charge >= 0.3 is 5.97 Å². The molecule has 0 aliphatic carbocycles. The third kappa shape index (κ3) is 4.64. The molecule has 1 heterocycles. The van der Waals surface area contributed by atoms with E-state index in [1.165, 1.54) is 37.3 Å². The highest BCUT2D eigenvalue weighted by Crippen LogP contribution is 2.18. The van der Waals surface area contributed by atoms with E-state index in [2.05, 4.69) is 10.3 Å². The number of benzene rings is 1. The fraction of sp³-hybridized carbons (Fsp3) is 0.133. The van der Waals surface area contributed by atoms with Gasteiger partial charge in [0.15, 0.2) is 11.8 Å². The van der Waals surface area contributed by atoms with E-state index in [0.29, 0.717) is 0 Å². The summed E-state index contributed by atoms with van der Waals surface area (Å²) in [6.07, 6.45) is -1.14. The summed E-state index contributed by atoms with van der Waals surface area (Å²) in [7, 11) is 0. The van der Waals surface area contributed by atoms with E-state index in [0.717, 1.165) is 6.07 Å². The minimum Gasteiger partial charge on any atom is -0.448 e. The smallest absolute Gasteiger partial charge is 0.359 e. The molecule has 1 amide bonds. The molecule has 1 aromatic carbocycles. The summed E-state index contributed by atoms with van der Waals surface area (Å²) < 4.78 is 18.0. The van der Waals surface area contributed by atoms with Crippen molar-refractivity contribution in [3.8, 4) is 0 Å². The van der Waals surface area contributed by atoms with Crippen LogP contribution in [0.5, 0.6) is 0 Å². The summed E-state index contributed by atoms with van der Waals surface area (Å²) in [5.74, 6) is -2.01. The average molecular weight is 357 g/mol. The van der Waals surface area contributed by atoms with Crippen LogP contribution in [0.25, 0.3) is 0 Å². The summed E-state index contributed by atoms with van der Waals surface area (Å²) in [6.45, 7) is 1.37. The zero-order valence-electron chi connectivity index (χ0n) is 11.8. The maximum absolute atomic E-state index is 13.1. The molecule has 0 saturated heterocycles. The van der Waals surface area contributed by atoms with Crippen molar-refractivity contribution >= 4 is 40.8 Å². The van der Waals surface area contributed by atoms with E-state index in [1.807, 2.05) is 0 Å². The molecule has 0 bridgehead atoms. The predicted molar refractivity (Wildman–Crippen MR) is 84.2 cm³/mol. The van der Waals surface area contributed by atoms with Crippen LogP contribution in [0.4, 0.5) is 10.1 Å². The molecule has 0 aliphatic rings. The first-order valence-electron chi connectivity index (χ1n) is 6.46. The molecule has 1 aromatic heterocycles. The normalized spacial score (nSPS) is 11.7. The van der Waals surface area contributed by atoms with Gasteiger partial charge in [-0.15, -0.1) is 0 Å². The second kappa shape index (κ2) is 7.39. The molecule has 8 heteroatoms. The number of esters is 1. The number of hydrogen-bond acceptors (Lipinski definition) is 4. The number of nitrogens with one attached hydrogen (secondary N) is 1. The number of carbonyl (C=O) groups is 2. The molecule has 1 N–H and O–H groups in total. The minimum atomic E-state index is -1.14. The van der Waals surface area contributed by atoms with Gasteiger partial charge < -0.3 is 10.1 Å². The third-order valence-corrected chi connectivity index (χ3v) is 3.27. The van der Waals surface area contributed by atoms with E-state index >= 15 is 0 Å². The van der Waals surface area contributed by atoms with Crippen LogP contribution in [0.3, 0.4) is 0 Å². The average Bonchev–Trinajstić information content (AvgIpc) is 2.49. The predicted octanol–water partition coefficient (Wildman–Crippen LogP) is 3.71. The van der Waals surface area contributed by atoms with Crippen LogP contribution in [0.15, 0.2) is 36.4 Å². The van der Waals surface area contributed by atoms with Gasteiger partial charge in [-0.25, -0.2) is 14.2 Å². The first-order valence-corrected chi connectivity index (χ1v) is 7.22. The Morgan fingerprint density at radius 1 is 1.26 bits per heavy atom. The second-order valence-electron chi connectivity index (χ2n) is 4.51. The first-order chi connectivity index (χ1) is 10.9. The lowest BCUT2D eigenvalue weighted by Crippen LogP contribution is -2.30. The lowest BCUT2D eigenvalue weighted by Gasteiger charge is -2.13. The number of anilines is 1. The van der Waals surface area contributed by atoms with Crippen LogP contribution < -0.4 is 5.32 Å². The number of carbonyl (C=O) groups excluding carboxylic acids is 2. The molecule has 1 unspecified atom stereocenters. The molecule has 0 aliphatic heterocycles. The van der Waals surface area contributed by atoms with E-state index in [1.54, 1.807) is 0 Å². The molecule has 23 heavy (non-hydrogen) atoms. The van der Waals surface area contributed by atoms with Crippen LogP contribution in [0, 0.1) is 5.82 Å². The van der Waals surface area contributed by atoms with Crippen molar-refractivity contribution in [2.45, 2.75) is 13.0 Å². The highest BCUT2D eigenvalue weighted by atomic mass is 35.5. The van der Waals surface area contributed by atoms with Crippen molar-refractivity contribution in [1.82, 2.24) is 4.98 Å². The van der Waals surface area contributed by atoms with Crippen molar-refractivity contribution in [1.29, 1.82) is 0 Å². The standard InChI is InChI=1S/C15H11Cl2FN2O3/c1-8(14(21)19-10-4-2-3-9(18)7-10)23-15(22)13-11(16)5-6-12(17)20-13/h2-8H,1H3,(H,19,21). The van der Waals surface area contributed by atoms with Crippen molar-refractivity contribution in [3.63, 3.8) is 0 Å². The molecular formula is C15H11Cl2FN2O3. The number of aromatic nitrogens is 1. The molecule has 2 rings (SSSR count). The summed E-state index contributed by atoms with van der Waals surface area (Å²) in [4.78, 5) is 27.7. The summed E-state index contributed by atoms with van der Waals surface area (Å²) in [5.41, 5.74) is 0.0568. The Morgan fingerprint density at radius 2 is 2.00 bits per heavy atom. The largest absolute Gasteiger partial charge is 0.448 e. The number of ether oxygens (including phenoxy) is 1. The van der Waals surface area contributed by atoms with E-state index in [4.69, 9.17) is 27.9 Å². The fourth-order valence-electron chi connectivity index (χ4n) is 1.64. The second-order valence-corrected chi connectivity index (χ2v) is 5.31. The summed E-state index contributed by atoms with van der Waals surface area (Å²) in [5, 5.41) is 2.55. The first kappa shape index (κ1) is 17.2. The van der Waals surface area contributed by atoms with Crippen molar-refractivity contribution < 1.29 is 18.7 Å². The number of amides is 1. The maximum atomic E-state index is 13.1. The van der Waals surface area contributed by atoms with Crippen LogP contribution in [-0.4, -0.2) is 23.0 Å². The van der Waals surface area contributed by atoms with Gasteiger partial charge in [0.1, 0.15) is 11.0 Å². The van der Waals surface area contributed by atoms with Crippen molar-refractivity contribution in [3.05, 3.63) is 58.1 Å². The van der Waals surface area contributed by atoms with Crippen molar-refractivity contribution in [2.75, 3.05) is 5.32 Å². The topological polar surface area (TPSA) is 68.3 Å². The highest BCUT2D eigenvalue weighted by Gasteiger charge is 2.22. The molecule has 120 valence electrons. The number of hydrogen-bond donors (Lipinski definition) is 1. The SMILES string of the molecule is CC(OC(=O)c1nc(Cl)ccc1Cl)C(=O)Nc1cccc(F)c1. The summed E-state index contributed by atoms with van der Waals surface area (Å²) in [6, 6.07) is 8.14. The number of nitrogens with zero attached hydrogens (tertiary/aromatic N) is 1. The molecule has 1 atom stereocenters. The Bertz CT molecular complexity index is 755. The van der Waals surface area contributed by atoms with Gasteiger partial charge in [-0.05, 0) is 37.3 Å². The Kier molecular flexibility index (Phi) is 5.52. The molecule has 2 aromatic rings. The Morgan fingerprint density at radius 3 is 2.70 bits per heavy atom. The van der Waals surface area contributed by atoms with E-state index < -0.39 is 23.8 Å². The van der Waals surface area contributed by atoms with Gasteiger partial charge in [-0.3, -0.25) is 4.79 Å². The van der Waals surface area contributed by atoms with Crippen LogP contribution in [0.1, 0.15) is 17.4 Å². The van der Waals surface area contributed by atoms with Crippen LogP contribution >= 0.6 is 23.2 Å². The Labute approximate surface area is 141 Å². The quantitative estimate of drug-likeness (QED) is 0.669. The molecule has 5 nitrogen and oxygen atoms in total. The van der Waals surface area contributed by atoms with Crippen LogP contribution in [0.2, 0.25) is 10.2 Å². The molecule has 0 radical (unpaired) electrons. The molecule has 0 fully saturated rings. The Balaban J connectivity index is 2.03. The maximum Gasteiger partial charge on any atom is 0.359 e. The summed E-state index contributed by atoms with van der Waals surface area (Å²) >= 11 is 11.5. The number of rotatable bonds is 4. The van der Waals surface area contributed by atoms with Crippen molar-refractivity contribution in [2.24, 2.45) is 0 Å². The number of halogens is 3. The molecular weight excluding hydrogens is 346 g/mol. The Hall–Kier alpha value is -2.18. The van der Waals surface area contributed by atoms with Crippen LogP contribution in [-0.2, 0) is 9.53 Å². The third-order valence-electron chi connectivity index (χ3n) is 2.75. The minimum absolute atomic E-state index is 0.0529. The van der Waals surface area contributed by atoms with E-state index in [9.17, 15) is 14.0 Å². The fourth-order valence-corrected chi connectivity index (χ4v) is 1.97. The molecule has 0 saturated carbocycles. The van der Waals surface area contributed by atoms with E-state index in [-0.39, 0.29) is 21.6 Å². The van der Waals surface area contributed by atoms with Gasteiger partial charge in [-0.2, -0.15) is 0 Å². The van der Waals surface area contributed by atoms with Gasteiger partial charge in [-0.1, -0.05) is 29.3 Å². The zero-order valence-corrected chi connectivity index (χ0v) is 13.4. The highest BCUT2D eigenvalue weighted by molar-refractivity contribution is 6.34. The van der Waals surface area contributed by atoms with Gasteiger partial charge in [0.2, 0.25) is 0 Å². The lowest BCUT2D eigenvalue weighted by molar-refractivity contribution is -0.123. The monoisotopic (exact) mass is 356 g/mol. The zero-order chi connectivity index (χ0) is 17.0. The van der Waals surface area contributed by atoms with Gasteiger partial charge in [0.05, 0.1) is 5.02 Å².